The van der Waals surface area contributed by atoms with Gasteiger partial charge in [-0.15, -0.1) is 0 Å². The minimum atomic E-state index is -3.34. The molecule has 6 heteroatoms. The van der Waals surface area contributed by atoms with Crippen molar-refractivity contribution in [2.45, 2.75) is 65.0 Å². The zero-order chi connectivity index (χ0) is 15.2. The SMILES string of the molecule is CCNCC1CCCCN1S(=O)(=O)N(C)C(CC)CC. The molecule has 0 aliphatic carbocycles. The lowest BCUT2D eigenvalue weighted by Gasteiger charge is -2.39. The van der Waals surface area contributed by atoms with Crippen molar-refractivity contribution in [3.8, 4) is 0 Å². The highest BCUT2D eigenvalue weighted by atomic mass is 32.2. The van der Waals surface area contributed by atoms with Crippen LogP contribution in [0.2, 0.25) is 0 Å². The van der Waals surface area contributed by atoms with Crippen molar-refractivity contribution in [2.75, 3.05) is 26.7 Å². The van der Waals surface area contributed by atoms with Gasteiger partial charge in [-0.2, -0.15) is 17.0 Å². The maximum absolute atomic E-state index is 12.8. The molecule has 1 atom stereocenters. The minimum absolute atomic E-state index is 0.0988. The number of likely N-dealkylation sites (N-methyl/N-ethyl adjacent to an activating group) is 1. The highest BCUT2D eigenvalue weighted by Crippen LogP contribution is 2.24. The van der Waals surface area contributed by atoms with Crippen LogP contribution in [-0.2, 0) is 10.2 Å². The quantitative estimate of drug-likeness (QED) is 0.744. The van der Waals surface area contributed by atoms with Crippen molar-refractivity contribution in [1.29, 1.82) is 0 Å². The Labute approximate surface area is 124 Å². The largest absolute Gasteiger partial charge is 0.315 e. The summed E-state index contributed by atoms with van der Waals surface area (Å²) in [7, 11) is -1.61. The summed E-state index contributed by atoms with van der Waals surface area (Å²) in [5.41, 5.74) is 0. The van der Waals surface area contributed by atoms with Crippen molar-refractivity contribution in [2.24, 2.45) is 0 Å². The van der Waals surface area contributed by atoms with E-state index in [2.05, 4.69) is 12.2 Å². The average Bonchev–Trinajstić information content (AvgIpc) is 2.46. The minimum Gasteiger partial charge on any atom is -0.315 e. The summed E-state index contributed by atoms with van der Waals surface area (Å²) in [5, 5.41) is 3.29. The molecule has 0 aromatic heterocycles. The van der Waals surface area contributed by atoms with Crippen LogP contribution >= 0.6 is 0 Å². The Balaban J connectivity index is 2.86. The van der Waals surface area contributed by atoms with Crippen LogP contribution in [0.15, 0.2) is 0 Å². The molecule has 0 aromatic rings. The highest BCUT2D eigenvalue weighted by Gasteiger charge is 2.36. The summed E-state index contributed by atoms with van der Waals surface area (Å²) in [5.74, 6) is 0. The van der Waals surface area contributed by atoms with E-state index in [-0.39, 0.29) is 12.1 Å². The molecular weight excluding hydrogens is 274 g/mol. The van der Waals surface area contributed by atoms with Crippen LogP contribution in [0.25, 0.3) is 0 Å². The number of piperidine rings is 1. The number of hydrogen-bond donors (Lipinski definition) is 1. The topological polar surface area (TPSA) is 52.7 Å². The maximum Gasteiger partial charge on any atom is 0.282 e. The molecule has 0 saturated carbocycles. The van der Waals surface area contributed by atoms with E-state index in [0.29, 0.717) is 6.54 Å². The fourth-order valence-corrected chi connectivity index (χ4v) is 4.87. The second-order valence-electron chi connectivity index (χ2n) is 5.56. The molecule has 1 aliphatic heterocycles. The standard InChI is InChI=1S/C14H31N3O2S/c1-5-13(6-2)16(4)20(18,19)17-11-9-8-10-14(17)12-15-7-3/h13-15H,5-12H2,1-4H3. The molecular formula is C14H31N3O2S. The first-order valence-electron chi connectivity index (χ1n) is 7.94. The fraction of sp³-hybridized carbons (Fsp3) is 1.00. The van der Waals surface area contributed by atoms with Gasteiger partial charge < -0.3 is 5.32 Å². The Hall–Kier alpha value is -0.170. The molecule has 1 fully saturated rings. The van der Waals surface area contributed by atoms with Gasteiger partial charge in [0.1, 0.15) is 0 Å². The van der Waals surface area contributed by atoms with Gasteiger partial charge in [0, 0.05) is 32.2 Å². The molecule has 20 heavy (non-hydrogen) atoms. The summed E-state index contributed by atoms with van der Waals surface area (Å²) in [4.78, 5) is 0. The molecule has 1 N–H and O–H groups in total. The zero-order valence-electron chi connectivity index (χ0n) is 13.4. The van der Waals surface area contributed by atoms with E-state index < -0.39 is 10.2 Å². The average molecular weight is 305 g/mol. The Morgan fingerprint density at radius 1 is 1.25 bits per heavy atom. The van der Waals surface area contributed by atoms with Crippen LogP contribution in [0.4, 0.5) is 0 Å². The molecule has 1 unspecified atom stereocenters. The van der Waals surface area contributed by atoms with Gasteiger partial charge in [0.05, 0.1) is 0 Å². The van der Waals surface area contributed by atoms with E-state index >= 15 is 0 Å². The van der Waals surface area contributed by atoms with Gasteiger partial charge in [-0.1, -0.05) is 27.2 Å². The number of nitrogens with one attached hydrogen (secondary N) is 1. The van der Waals surface area contributed by atoms with Crippen LogP contribution in [0.5, 0.6) is 0 Å². The van der Waals surface area contributed by atoms with E-state index in [1.54, 1.807) is 15.7 Å². The number of hydrogen-bond acceptors (Lipinski definition) is 3. The Morgan fingerprint density at radius 3 is 2.45 bits per heavy atom. The fourth-order valence-electron chi connectivity index (χ4n) is 2.95. The molecule has 0 radical (unpaired) electrons. The Morgan fingerprint density at radius 2 is 1.90 bits per heavy atom. The van der Waals surface area contributed by atoms with Crippen LogP contribution in [-0.4, -0.2) is 55.8 Å². The van der Waals surface area contributed by atoms with Crippen LogP contribution in [0, 0.1) is 0 Å². The van der Waals surface area contributed by atoms with E-state index in [0.717, 1.165) is 45.2 Å². The second kappa shape index (κ2) is 8.32. The molecule has 0 spiro atoms. The van der Waals surface area contributed by atoms with Crippen molar-refractivity contribution in [3.63, 3.8) is 0 Å². The molecule has 1 rings (SSSR count). The second-order valence-corrected chi connectivity index (χ2v) is 7.50. The van der Waals surface area contributed by atoms with Gasteiger partial charge in [-0.3, -0.25) is 0 Å². The third-order valence-corrected chi connectivity index (χ3v) is 6.42. The van der Waals surface area contributed by atoms with E-state index in [4.69, 9.17) is 0 Å². The third kappa shape index (κ3) is 4.16. The van der Waals surface area contributed by atoms with Gasteiger partial charge >= 0.3 is 0 Å². The van der Waals surface area contributed by atoms with E-state index in [1.807, 2.05) is 13.8 Å². The maximum atomic E-state index is 12.8. The first kappa shape index (κ1) is 17.9. The van der Waals surface area contributed by atoms with Crippen LogP contribution in [0.1, 0.15) is 52.9 Å². The molecule has 1 saturated heterocycles. The molecule has 120 valence electrons. The summed E-state index contributed by atoms with van der Waals surface area (Å²) in [6.45, 7) is 8.44. The first-order chi connectivity index (χ1) is 9.48. The summed E-state index contributed by atoms with van der Waals surface area (Å²) in [6.07, 6.45) is 4.77. The molecule has 0 bridgehead atoms. The molecule has 0 aromatic carbocycles. The monoisotopic (exact) mass is 305 g/mol. The molecule has 5 nitrogen and oxygen atoms in total. The third-order valence-electron chi connectivity index (χ3n) is 4.32. The predicted molar refractivity (Wildman–Crippen MR) is 83.9 cm³/mol. The predicted octanol–water partition coefficient (Wildman–Crippen LogP) is 1.82. The van der Waals surface area contributed by atoms with Crippen molar-refractivity contribution >= 4 is 10.2 Å². The summed E-state index contributed by atoms with van der Waals surface area (Å²) >= 11 is 0. The van der Waals surface area contributed by atoms with Gasteiger partial charge in [-0.05, 0) is 32.2 Å². The lowest BCUT2D eigenvalue weighted by Crippen LogP contribution is -2.54. The Bertz CT molecular complexity index is 369. The molecule has 1 aliphatic rings. The van der Waals surface area contributed by atoms with Crippen LogP contribution in [0.3, 0.4) is 0 Å². The smallest absolute Gasteiger partial charge is 0.282 e. The zero-order valence-corrected chi connectivity index (χ0v) is 14.2. The molecule has 0 amide bonds. The highest BCUT2D eigenvalue weighted by molar-refractivity contribution is 7.86. The van der Waals surface area contributed by atoms with E-state index in [1.165, 1.54) is 0 Å². The van der Waals surface area contributed by atoms with Crippen LogP contribution < -0.4 is 5.32 Å². The lowest BCUT2D eigenvalue weighted by molar-refractivity contribution is 0.220. The summed E-state index contributed by atoms with van der Waals surface area (Å²) in [6, 6.07) is 0.201. The van der Waals surface area contributed by atoms with Crippen molar-refractivity contribution < 1.29 is 8.42 Å². The van der Waals surface area contributed by atoms with Gasteiger partial charge in [-0.25, -0.2) is 0 Å². The first-order valence-corrected chi connectivity index (χ1v) is 9.34. The molecule has 1 heterocycles. The van der Waals surface area contributed by atoms with Crippen molar-refractivity contribution in [1.82, 2.24) is 13.9 Å². The van der Waals surface area contributed by atoms with Crippen molar-refractivity contribution in [3.05, 3.63) is 0 Å². The van der Waals surface area contributed by atoms with Gasteiger partial charge in [0.2, 0.25) is 0 Å². The van der Waals surface area contributed by atoms with E-state index in [9.17, 15) is 8.42 Å². The normalized spacial score (nSPS) is 21.8. The lowest BCUT2D eigenvalue weighted by atomic mass is 10.1. The summed E-state index contributed by atoms with van der Waals surface area (Å²) < 4.78 is 29.0. The number of rotatable bonds is 8. The van der Waals surface area contributed by atoms with Gasteiger partial charge in [0.25, 0.3) is 10.2 Å². The van der Waals surface area contributed by atoms with Gasteiger partial charge in [0.15, 0.2) is 0 Å². The Kier molecular flexibility index (Phi) is 7.43. The number of nitrogens with zero attached hydrogens (tertiary/aromatic N) is 2.